The van der Waals surface area contributed by atoms with Crippen molar-refractivity contribution >= 4 is 17.3 Å². The average Bonchev–Trinajstić information content (AvgIpc) is 3.06. The molecule has 0 aliphatic heterocycles. The van der Waals surface area contributed by atoms with Gasteiger partial charge in [-0.25, -0.2) is 0 Å². The molecule has 0 bridgehead atoms. The van der Waals surface area contributed by atoms with E-state index >= 15 is 0 Å². The molecule has 0 radical (unpaired) electrons. The Morgan fingerprint density at radius 1 is 0.733 bits per heavy atom. The molecule has 0 aromatic heterocycles. The Morgan fingerprint density at radius 2 is 1.33 bits per heavy atom. The zero-order chi connectivity index (χ0) is 21.5. The molecule has 4 heteroatoms. The van der Waals surface area contributed by atoms with E-state index in [1.165, 1.54) is 57.8 Å². The van der Waals surface area contributed by atoms with Crippen molar-refractivity contribution in [1.29, 1.82) is 0 Å². The molecule has 2 aliphatic rings. The van der Waals surface area contributed by atoms with Crippen molar-refractivity contribution in [3.05, 3.63) is 0 Å². The number of nitrogens with zero attached hydrogens (tertiary/aromatic N) is 1. The van der Waals surface area contributed by atoms with Gasteiger partial charge in [0.1, 0.15) is 11.3 Å². The van der Waals surface area contributed by atoms with Crippen LogP contribution in [0.15, 0.2) is 5.10 Å². The fourth-order valence-electron chi connectivity index (χ4n) is 4.95. The van der Waals surface area contributed by atoms with Gasteiger partial charge in [-0.3, -0.25) is 15.0 Å². The summed E-state index contributed by atoms with van der Waals surface area (Å²) in [5.74, 6) is 0.497. The molecule has 0 aromatic carbocycles. The van der Waals surface area contributed by atoms with Crippen LogP contribution in [0.2, 0.25) is 0 Å². The summed E-state index contributed by atoms with van der Waals surface area (Å²) in [6.07, 6.45) is 23.1. The quantitative estimate of drug-likeness (QED) is 0.198. The highest BCUT2D eigenvalue weighted by Gasteiger charge is 2.38. The lowest BCUT2D eigenvalue weighted by atomic mass is 9.84. The Kier molecular flexibility index (Phi) is 12.3. The maximum absolute atomic E-state index is 13.0. The zero-order valence-electron chi connectivity index (χ0n) is 19.6. The molecule has 2 saturated carbocycles. The van der Waals surface area contributed by atoms with E-state index in [9.17, 15) is 9.59 Å². The first kappa shape index (κ1) is 25.1. The van der Waals surface area contributed by atoms with Gasteiger partial charge >= 0.3 is 0 Å². The highest BCUT2D eigenvalue weighted by atomic mass is 16.1. The summed E-state index contributed by atoms with van der Waals surface area (Å²) in [5, 5.41) is 4.57. The second-order valence-electron chi connectivity index (χ2n) is 9.65. The Hall–Kier alpha value is -1.19. The van der Waals surface area contributed by atoms with Gasteiger partial charge in [0.15, 0.2) is 11.6 Å². The van der Waals surface area contributed by atoms with Crippen LogP contribution in [0.5, 0.6) is 0 Å². The van der Waals surface area contributed by atoms with Gasteiger partial charge in [0.05, 0.1) is 0 Å². The van der Waals surface area contributed by atoms with Crippen molar-refractivity contribution in [2.24, 2.45) is 5.10 Å². The van der Waals surface area contributed by atoms with Gasteiger partial charge in [-0.05, 0) is 38.5 Å². The van der Waals surface area contributed by atoms with E-state index in [0.717, 1.165) is 64.2 Å². The van der Waals surface area contributed by atoms with Gasteiger partial charge in [0.25, 0.3) is 0 Å². The molecule has 30 heavy (non-hydrogen) atoms. The lowest BCUT2D eigenvalue weighted by Gasteiger charge is -2.31. The normalized spacial score (nSPS) is 24.6. The number of hydrazone groups is 1. The third-order valence-electron chi connectivity index (χ3n) is 7.04. The van der Waals surface area contributed by atoms with Gasteiger partial charge in [-0.1, -0.05) is 90.4 Å². The molecule has 0 spiro atoms. The molecule has 172 valence electrons. The second kappa shape index (κ2) is 14.8. The SMILES string of the molecule is CCCCCCCCCCCCC1(NN=C2CCCCCC2=O)CCCCCC1=O. The standard InChI is InChI=1S/C26H46N2O2/c1-2-3-4-5-6-7-8-9-10-16-21-26(22-17-12-15-20-25(26)30)28-27-23-18-13-11-14-19-24(23)29/h28H,2-22H2,1H3. The minimum absolute atomic E-state index is 0.176. The van der Waals surface area contributed by atoms with Crippen LogP contribution in [0.25, 0.3) is 0 Å². The first-order valence-corrected chi connectivity index (χ1v) is 13.1. The minimum atomic E-state index is -0.532. The molecule has 2 aliphatic carbocycles. The van der Waals surface area contributed by atoms with Crippen LogP contribution in [-0.4, -0.2) is 22.8 Å². The number of nitrogens with one attached hydrogen (secondary N) is 1. The zero-order valence-corrected chi connectivity index (χ0v) is 19.6. The summed E-state index contributed by atoms with van der Waals surface area (Å²) in [6, 6.07) is 0. The van der Waals surface area contributed by atoms with Crippen molar-refractivity contribution < 1.29 is 9.59 Å². The van der Waals surface area contributed by atoms with Gasteiger partial charge < -0.3 is 0 Å². The average molecular weight is 419 g/mol. The summed E-state index contributed by atoms with van der Waals surface area (Å²) in [6.45, 7) is 2.26. The van der Waals surface area contributed by atoms with E-state index in [-0.39, 0.29) is 5.78 Å². The van der Waals surface area contributed by atoms with Crippen LogP contribution in [0, 0.1) is 0 Å². The van der Waals surface area contributed by atoms with Gasteiger partial charge in [0, 0.05) is 12.8 Å². The number of carbonyl (C=O) groups excluding carboxylic acids is 2. The van der Waals surface area contributed by atoms with Gasteiger partial charge in [0.2, 0.25) is 0 Å². The first-order chi connectivity index (χ1) is 14.7. The van der Waals surface area contributed by atoms with Crippen LogP contribution in [0.4, 0.5) is 0 Å². The molecular formula is C26H46N2O2. The topological polar surface area (TPSA) is 58.5 Å². The smallest absolute Gasteiger partial charge is 0.178 e. The van der Waals surface area contributed by atoms with Crippen LogP contribution < -0.4 is 5.43 Å². The number of carbonyl (C=O) groups is 2. The molecule has 4 nitrogen and oxygen atoms in total. The minimum Gasteiger partial charge on any atom is -0.297 e. The largest absolute Gasteiger partial charge is 0.297 e. The maximum Gasteiger partial charge on any atom is 0.178 e. The van der Waals surface area contributed by atoms with E-state index in [0.29, 0.717) is 24.3 Å². The summed E-state index contributed by atoms with van der Waals surface area (Å²) in [7, 11) is 0. The lowest BCUT2D eigenvalue weighted by Crippen LogP contribution is -2.49. The van der Waals surface area contributed by atoms with Crippen molar-refractivity contribution in [2.45, 2.75) is 147 Å². The maximum atomic E-state index is 13.0. The predicted molar refractivity (Wildman–Crippen MR) is 126 cm³/mol. The molecule has 0 heterocycles. The number of Topliss-reactive ketones (excluding diaryl/α,β-unsaturated/α-hetero) is 2. The first-order valence-electron chi connectivity index (χ1n) is 13.1. The fourth-order valence-corrected chi connectivity index (χ4v) is 4.95. The summed E-state index contributed by atoms with van der Waals surface area (Å²) < 4.78 is 0. The Labute approximate surface area is 185 Å². The Morgan fingerprint density at radius 3 is 2.07 bits per heavy atom. The van der Waals surface area contributed by atoms with Crippen molar-refractivity contribution in [2.75, 3.05) is 0 Å². The monoisotopic (exact) mass is 418 g/mol. The summed E-state index contributed by atoms with van der Waals surface area (Å²) in [4.78, 5) is 25.4. The second-order valence-corrected chi connectivity index (χ2v) is 9.65. The third-order valence-corrected chi connectivity index (χ3v) is 7.04. The molecule has 1 N–H and O–H groups in total. The van der Waals surface area contributed by atoms with Gasteiger partial charge in [-0.2, -0.15) is 5.10 Å². The summed E-state index contributed by atoms with van der Waals surface area (Å²) >= 11 is 0. The molecule has 2 fully saturated rings. The molecule has 2 rings (SSSR count). The highest BCUT2D eigenvalue weighted by molar-refractivity contribution is 6.39. The summed E-state index contributed by atoms with van der Waals surface area (Å²) in [5.41, 5.74) is 3.44. The van der Waals surface area contributed by atoms with Crippen molar-refractivity contribution in [1.82, 2.24) is 5.43 Å². The highest BCUT2D eigenvalue weighted by Crippen LogP contribution is 2.30. The molecule has 1 unspecified atom stereocenters. The predicted octanol–water partition coefficient (Wildman–Crippen LogP) is 7.05. The molecular weight excluding hydrogens is 372 g/mol. The van der Waals surface area contributed by atoms with Crippen LogP contribution >= 0.6 is 0 Å². The molecule has 1 atom stereocenters. The third kappa shape index (κ3) is 8.89. The van der Waals surface area contributed by atoms with Gasteiger partial charge in [-0.15, -0.1) is 0 Å². The molecule has 0 aromatic rings. The van der Waals surface area contributed by atoms with E-state index in [4.69, 9.17) is 0 Å². The molecule has 0 saturated heterocycles. The lowest BCUT2D eigenvalue weighted by molar-refractivity contribution is -0.126. The molecule has 0 amide bonds. The number of ketones is 2. The van der Waals surface area contributed by atoms with E-state index < -0.39 is 5.54 Å². The van der Waals surface area contributed by atoms with Crippen LogP contribution in [0.3, 0.4) is 0 Å². The van der Waals surface area contributed by atoms with Crippen molar-refractivity contribution in [3.63, 3.8) is 0 Å². The van der Waals surface area contributed by atoms with E-state index in [1.54, 1.807) is 0 Å². The number of unbranched alkanes of at least 4 members (excludes halogenated alkanes) is 9. The van der Waals surface area contributed by atoms with Crippen molar-refractivity contribution in [3.8, 4) is 0 Å². The van der Waals surface area contributed by atoms with E-state index in [2.05, 4.69) is 17.5 Å². The number of rotatable bonds is 13. The van der Waals surface area contributed by atoms with Crippen LogP contribution in [0.1, 0.15) is 142 Å². The number of hydrogen-bond donors (Lipinski definition) is 1. The van der Waals surface area contributed by atoms with E-state index in [1.807, 2.05) is 0 Å². The Bertz CT molecular complexity index is 543. The number of hydrogen-bond acceptors (Lipinski definition) is 4. The fraction of sp³-hybridized carbons (Fsp3) is 0.885. The van der Waals surface area contributed by atoms with Crippen LogP contribution in [-0.2, 0) is 9.59 Å². The Balaban J connectivity index is 1.81.